The van der Waals surface area contributed by atoms with Gasteiger partial charge < -0.3 is 9.26 Å². The van der Waals surface area contributed by atoms with Crippen LogP contribution in [0, 0.1) is 6.92 Å². The lowest BCUT2D eigenvalue weighted by Crippen LogP contribution is -2.15. The lowest BCUT2D eigenvalue weighted by atomic mass is 10.1. The molecule has 0 radical (unpaired) electrons. The van der Waals surface area contributed by atoms with Crippen molar-refractivity contribution in [2.45, 2.75) is 27.0 Å². The first-order valence-electron chi connectivity index (χ1n) is 4.94. The van der Waals surface area contributed by atoms with Crippen LogP contribution in [0.25, 0.3) is 0 Å². The maximum absolute atomic E-state index is 10.8. The Bertz CT molecular complexity index is 423. The maximum atomic E-state index is 10.8. The molecule has 1 aromatic heterocycles. The summed E-state index contributed by atoms with van der Waals surface area (Å²) in [6, 6.07) is 0. The number of pyridine rings is 1. The first-order chi connectivity index (χ1) is 7.68. The molecule has 5 nitrogen and oxygen atoms in total. The number of fused-ring (bicyclic) bond motifs is 1. The Morgan fingerprint density at radius 3 is 3.31 bits per heavy atom. The Hall–Kier alpha value is -1.19. The molecule has 0 spiro atoms. The molecule has 0 aromatic carbocycles. The summed E-state index contributed by atoms with van der Waals surface area (Å²) < 4.78 is 10.5. The molecule has 0 aliphatic carbocycles. The topological polar surface area (TPSA) is 60.5 Å². The largest absolute Gasteiger partial charge is 0.461 e. The highest BCUT2D eigenvalue weighted by molar-refractivity contribution is 7.30. The van der Waals surface area contributed by atoms with Crippen molar-refractivity contribution < 1.29 is 14.1 Å². The number of carbonyl (C=O) groups excluding carboxylic acids is 1. The van der Waals surface area contributed by atoms with Gasteiger partial charge in [-0.25, -0.2) is 0 Å². The molecule has 1 aliphatic rings. The highest BCUT2D eigenvalue weighted by Crippen LogP contribution is 2.33. The number of aromatic nitrogens is 1. The molecule has 0 amide bonds. The number of esters is 1. The molecule has 2 heterocycles. The first kappa shape index (κ1) is 11.3. The van der Waals surface area contributed by atoms with Crippen LogP contribution in [0.4, 0.5) is 0 Å². The van der Waals surface area contributed by atoms with Crippen LogP contribution in [0.3, 0.4) is 0 Å². The van der Waals surface area contributed by atoms with Crippen molar-refractivity contribution in [3.8, 4) is 5.75 Å². The van der Waals surface area contributed by atoms with Gasteiger partial charge in [-0.05, 0) is 6.92 Å². The lowest BCUT2D eigenvalue weighted by Gasteiger charge is -2.21. The molecule has 2 rings (SSSR count). The number of carbonyl (C=O) groups is 1. The molecule has 0 saturated carbocycles. The molecule has 1 aliphatic heterocycles. The Balaban J connectivity index is 2.28. The molecule has 1 unspecified atom stereocenters. The van der Waals surface area contributed by atoms with E-state index >= 15 is 0 Å². The van der Waals surface area contributed by atoms with Gasteiger partial charge in [0.1, 0.15) is 15.6 Å². The predicted molar refractivity (Wildman–Crippen MR) is 60.2 cm³/mol. The Morgan fingerprint density at radius 2 is 2.56 bits per heavy atom. The Kier molecular flexibility index (Phi) is 3.36. The summed E-state index contributed by atoms with van der Waals surface area (Å²) in [6.07, 6.45) is 1.73. The summed E-state index contributed by atoms with van der Waals surface area (Å²) in [5.41, 5.74) is 2.80. The van der Waals surface area contributed by atoms with E-state index in [1.165, 1.54) is 6.92 Å². The standard InChI is InChI=1S/C10H13N2O3P/c1-6-10-9(4-12-16-15-10)8(3-11-6)5-14-7(2)13/h3,12,16H,4-5H2,1-2H3. The highest BCUT2D eigenvalue weighted by Gasteiger charge is 2.18. The molecule has 0 bridgehead atoms. The summed E-state index contributed by atoms with van der Waals surface area (Å²) in [5.74, 6) is 0.530. The third kappa shape index (κ3) is 2.31. The van der Waals surface area contributed by atoms with Crippen molar-refractivity contribution >= 4 is 14.9 Å². The van der Waals surface area contributed by atoms with Gasteiger partial charge in [0.05, 0.1) is 5.69 Å². The summed E-state index contributed by atoms with van der Waals surface area (Å²) >= 11 is 0. The van der Waals surface area contributed by atoms with Crippen molar-refractivity contribution in [2.24, 2.45) is 0 Å². The molecule has 0 saturated heterocycles. The minimum absolute atomic E-state index is 0.249. The fourth-order valence-electron chi connectivity index (χ4n) is 1.52. The molecule has 1 N–H and O–H groups in total. The Morgan fingerprint density at radius 1 is 1.75 bits per heavy atom. The average Bonchev–Trinajstić information content (AvgIpc) is 2.28. The Labute approximate surface area is 95.5 Å². The van der Waals surface area contributed by atoms with Gasteiger partial charge in [-0.15, -0.1) is 0 Å². The van der Waals surface area contributed by atoms with Crippen LogP contribution >= 0.6 is 8.96 Å². The first-order valence-corrected chi connectivity index (χ1v) is 5.84. The molecule has 86 valence electrons. The zero-order valence-corrected chi connectivity index (χ0v) is 10.2. The summed E-state index contributed by atoms with van der Waals surface area (Å²) in [7, 11) is 0.261. The van der Waals surface area contributed by atoms with Gasteiger partial charge in [0.2, 0.25) is 0 Å². The van der Waals surface area contributed by atoms with E-state index in [0.29, 0.717) is 0 Å². The molecule has 16 heavy (non-hydrogen) atoms. The van der Waals surface area contributed by atoms with Gasteiger partial charge in [-0.3, -0.25) is 14.9 Å². The second-order valence-corrected chi connectivity index (χ2v) is 4.28. The molecule has 1 aromatic rings. The highest BCUT2D eigenvalue weighted by atomic mass is 31.1. The number of ether oxygens (including phenoxy) is 1. The van der Waals surface area contributed by atoms with E-state index in [-0.39, 0.29) is 21.5 Å². The van der Waals surface area contributed by atoms with Crippen LogP contribution in [-0.2, 0) is 22.7 Å². The number of rotatable bonds is 2. The smallest absolute Gasteiger partial charge is 0.302 e. The summed E-state index contributed by atoms with van der Waals surface area (Å²) in [5, 5.41) is 3.13. The van der Waals surface area contributed by atoms with E-state index in [2.05, 4.69) is 10.1 Å². The predicted octanol–water partition coefficient (Wildman–Crippen LogP) is 1.44. The molecule has 0 fully saturated rings. The van der Waals surface area contributed by atoms with Gasteiger partial charge in [-0.1, -0.05) is 0 Å². The number of nitrogens with zero attached hydrogens (tertiary/aromatic N) is 1. The zero-order valence-electron chi connectivity index (χ0n) is 9.16. The second kappa shape index (κ2) is 4.76. The van der Waals surface area contributed by atoms with Crippen LogP contribution in [-0.4, -0.2) is 11.0 Å². The number of hydrogen-bond donors (Lipinski definition) is 1. The summed E-state index contributed by atoms with van der Waals surface area (Å²) in [4.78, 5) is 15.0. The van der Waals surface area contributed by atoms with Crippen molar-refractivity contribution in [3.63, 3.8) is 0 Å². The van der Waals surface area contributed by atoms with E-state index in [1.54, 1.807) is 6.20 Å². The van der Waals surface area contributed by atoms with Crippen molar-refractivity contribution in [2.75, 3.05) is 0 Å². The van der Waals surface area contributed by atoms with E-state index in [4.69, 9.17) is 9.26 Å². The molecular weight excluding hydrogens is 227 g/mol. The SMILES string of the molecule is CC(=O)OCc1cnc(C)c2c1CNPO2. The van der Waals surface area contributed by atoms with Crippen LogP contribution in [0.15, 0.2) is 6.20 Å². The van der Waals surface area contributed by atoms with Crippen LogP contribution in [0.5, 0.6) is 5.75 Å². The number of hydrogen-bond acceptors (Lipinski definition) is 5. The second-order valence-electron chi connectivity index (χ2n) is 3.51. The van der Waals surface area contributed by atoms with E-state index in [1.807, 2.05) is 6.92 Å². The average molecular weight is 240 g/mol. The third-order valence-corrected chi connectivity index (χ3v) is 2.95. The van der Waals surface area contributed by atoms with Crippen molar-refractivity contribution in [3.05, 3.63) is 23.0 Å². The van der Waals surface area contributed by atoms with E-state index < -0.39 is 0 Å². The van der Waals surface area contributed by atoms with Crippen LogP contribution < -0.4 is 9.61 Å². The minimum atomic E-state index is -0.291. The third-order valence-electron chi connectivity index (χ3n) is 2.33. The van der Waals surface area contributed by atoms with Crippen LogP contribution in [0.2, 0.25) is 0 Å². The van der Waals surface area contributed by atoms with Crippen LogP contribution in [0.1, 0.15) is 23.7 Å². The quantitative estimate of drug-likeness (QED) is 0.626. The molecule has 1 atom stereocenters. The van der Waals surface area contributed by atoms with Gasteiger partial charge in [-0.2, -0.15) is 0 Å². The fourth-order valence-corrected chi connectivity index (χ4v) is 2.21. The lowest BCUT2D eigenvalue weighted by molar-refractivity contribution is -0.142. The van der Waals surface area contributed by atoms with Crippen molar-refractivity contribution in [1.29, 1.82) is 0 Å². The summed E-state index contributed by atoms with van der Waals surface area (Å²) in [6.45, 7) is 4.28. The van der Waals surface area contributed by atoms with Crippen molar-refractivity contribution in [1.82, 2.24) is 10.1 Å². The zero-order chi connectivity index (χ0) is 11.5. The monoisotopic (exact) mass is 240 g/mol. The fraction of sp³-hybridized carbons (Fsp3) is 0.400. The molecular formula is C10H13N2O3P. The number of nitrogens with one attached hydrogen (secondary N) is 1. The molecule has 6 heteroatoms. The van der Waals surface area contributed by atoms with Gasteiger partial charge in [0.15, 0.2) is 5.75 Å². The normalized spacial score (nSPS) is 15.4. The van der Waals surface area contributed by atoms with Gasteiger partial charge in [0, 0.05) is 30.8 Å². The van der Waals surface area contributed by atoms with E-state index in [0.717, 1.165) is 29.1 Å². The number of aryl methyl sites for hydroxylation is 1. The minimum Gasteiger partial charge on any atom is -0.461 e. The van der Waals surface area contributed by atoms with E-state index in [9.17, 15) is 4.79 Å². The van der Waals surface area contributed by atoms with Gasteiger partial charge >= 0.3 is 5.97 Å². The maximum Gasteiger partial charge on any atom is 0.302 e. The van der Waals surface area contributed by atoms with Gasteiger partial charge in [0.25, 0.3) is 0 Å².